The predicted octanol–water partition coefficient (Wildman–Crippen LogP) is 0.454. The lowest BCUT2D eigenvalue weighted by atomic mass is 10.4. The minimum Gasteiger partial charge on any atom is -0.357 e. The van der Waals surface area contributed by atoms with Crippen LogP contribution in [0.1, 0.15) is 33.1 Å². The zero-order valence-corrected chi connectivity index (χ0v) is 18.6. The molecule has 2 N–H and O–H groups in total. The Morgan fingerprint density at radius 3 is 2.36 bits per heavy atom. The van der Waals surface area contributed by atoms with E-state index < -0.39 is 10.0 Å². The molecule has 1 saturated heterocycles. The smallest absolute Gasteiger partial charge is 0.244 e. The summed E-state index contributed by atoms with van der Waals surface area (Å²) in [6, 6.07) is 0. The summed E-state index contributed by atoms with van der Waals surface area (Å²) in [5, 5.41) is 6.24. The maximum absolute atomic E-state index is 12.0. The van der Waals surface area contributed by atoms with Crippen LogP contribution in [0.3, 0.4) is 0 Å². The standard InChI is InChI=1S/C15H31N5O3S.HI/c1-4-16-15(18-13-14(21)19-10-6-7-11-19)17-9-8-12-20(5-2)24(3,22)23;/h4-13H2,1-3H3,(H2,16,17,18);1H. The number of guanidine groups is 1. The molecular formula is C15H32IN5O3S. The Balaban J connectivity index is 0.00000576. The van der Waals surface area contributed by atoms with Crippen molar-refractivity contribution in [2.24, 2.45) is 4.99 Å². The van der Waals surface area contributed by atoms with Crippen LogP contribution in [0.2, 0.25) is 0 Å². The number of halogens is 1. The number of likely N-dealkylation sites (tertiary alicyclic amines) is 1. The van der Waals surface area contributed by atoms with Gasteiger partial charge in [0.25, 0.3) is 0 Å². The molecule has 10 heteroatoms. The number of nitrogens with one attached hydrogen (secondary N) is 2. The largest absolute Gasteiger partial charge is 0.357 e. The zero-order chi connectivity index (χ0) is 18.0. The third-order valence-electron chi connectivity index (χ3n) is 3.87. The summed E-state index contributed by atoms with van der Waals surface area (Å²) in [7, 11) is -3.15. The first-order valence-corrected chi connectivity index (χ1v) is 10.5. The minimum atomic E-state index is -3.15. The van der Waals surface area contributed by atoms with Crippen molar-refractivity contribution in [2.45, 2.75) is 33.1 Å². The van der Waals surface area contributed by atoms with E-state index in [1.807, 2.05) is 18.7 Å². The van der Waals surface area contributed by atoms with Gasteiger partial charge in [0.15, 0.2) is 5.96 Å². The van der Waals surface area contributed by atoms with Crippen LogP contribution >= 0.6 is 24.0 Å². The van der Waals surface area contributed by atoms with E-state index in [-0.39, 0.29) is 36.4 Å². The van der Waals surface area contributed by atoms with Crippen molar-refractivity contribution in [1.29, 1.82) is 0 Å². The van der Waals surface area contributed by atoms with Crippen LogP contribution in [0.25, 0.3) is 0 Å². The monoisotopic (exact) mass is 489 g/mol. The number of hydrogen-bond acceptors (Lipinski definition) is 4. The van der Waals surface area contributed by atoms with Gasteiger partial charge in [-0.15, -0.1) is 24.0 Å². The average Bonchev–Trinajstić information content (AvgIpc) is 3.05. The van der Waals surface area contributed by atoms with E-state index in [0.29, 0.717) is 38.6 Å². The fourth-order valence-electron chi connectivity index (χ4n) is 2.58. The van der Waals surface area contributed by atoms with Gasteiger partial charge in [0, 0.05) is 39.3 Å². The van der Waals surface area contributed by atoms with E-state index in [4.69, 9.17) is 0 Å². The Morgan fingerprint density at radius 2 is 1.84 bits per heavy atom. The van der Waals surface area contributed by atoms with Crippen molar-refractivity contribution in [2.75, 3.05) is 52.1 Å². The number of aliphatic imine (C=N–C) groups is 1. The summed E-state index contributed by atoms with van der Waals surface area (Å²) in [5.41, 5.74) is 0. The highest BCUT2D eigenvalue weighted by Gasteiger charge is 2.17. The summed E-state index contributed by atoms with van der Waals surface area (Å²) in [6.45, 7) is 7.81. The lowest BCUT2D eigenvalue weighted by Gasteiger charge is -2.18. The van der Waals surface area contributed by atoms with Crippen LogP contribution in [0.15, 0.2) is 4.99 Å². The summed E-state index contributed by atoms with van der Waals surface area (Å²) in [4.78, 5) is 18.2. The van der Waals surface area contributed by atoms with Gasteiger partial charge in [-0.05, 0) is 26.2 Å². The van der Waals surface area contributed by atoms with Crippen molar-refractivity contribution >= 4 is 45.9 Å². The van der Waals surface area contributed by atoms with Gasteiger partial charge in [-0.25, -0.2) is 17.7 Å². The van der Waals surface area contributed by atoms with E-state index in [0.717, 1.165) is 25.9 Å². The van der Waals surface area contributed by atoms with Crippen molar-refractivity contribution < 1.29 is 13.2 Å². The van der Waals surface area contributed by atoms with Crippen LogP contribution < -0.4 is 10.6 Å². The molecule has 0 unspecified atom stereocenters. The molecule has 1 aliphatic rings. The normalized spacial score (nSPS) is 15.2. The van der Waals surface area contributed by atoms with E-state index in [1.54, 1.807) is 0 Å². The molecule has 1 amide bonds. The average molecular weight is 489 g/mol. The molecule has 0 saturated carbocycles. The summed E-state index contributed by atoms with van der Waals surface area (Å²) >= 11 is 0. The summed E-state index contributed by atoms with van der Waals surface area (Å²) in [5.74, 6) is 0.645. The Labute approximate surface area is 168 Å². The summed E-state index contributed by atoms with van der Waals surface area (Å²) < 4.78 is 24.5. The number of hydrogen-bond donors (Lipinski definition) is 2. The van der Waals surface area contributed by atoms with Crippen LogP contribution in [-0.4, -0.2) is 81.6 Å². The number of amides is 1. The van der Waals surface area contributed by atoms with Gasteiger partial charge < -0.3 is 15.5 Å². The minimum absolute atomic E-state index is 0. The highest BCUT2D eigenvalue weighted by Crippen LogP contribution is 2.07. The highest BCUT2D eigenvalue weighted by atomic mass is 127. The molecule has 0 aromatic carbocycles. The molecule has 0 aromatic rings. The molecule has 148 valence electrons. The van der Waals surface area contributed by atoms with Crippen LogP contribution in [0, 0.1) is 0 Å². The van der Waals surface area contributed by atoms with E-state index in [9.17, 15) is 13.2 Å². The van der Waals surface area contributed by atoms with E-state index >= 15 is 0 Å². The molecule has 0 aromatic heterocycles. The predicted molar refractivity (Wildman–Crippen MR) is 112 cm³/mol. The molecular weight excluding hydrogens is 457 g/mol. The van der Waals surface area contributed by atoms with Crippen molar-refractivity contribution in [3.05, 3.63) is 0 Å². The zero-order valence-electron chi connectivity index (χ0n) is 15.5. The SMILES string of the molecule is CCNC(=NCC(=O)N1CCCC1)NCCCN(CC)S(C)(=O)=O.I. The van der Waals surface area contributed by atoms with Crippen molar-refractivity contribution in [1.82, 2.24) is 19.8 Å². The second-order valence-electron chi connectivity index (χ2n) is 5.82. The quantitative estimate of drug-likeness (QED) is 0.212. The second kappa shape index (κ2) is 12.7. The first-order valence-electron chi connectivity index (χ1n) is 8.63. The van der Waals surface area contributed by atoms with Gasteiger partial charge in [0.1, 0.15) is 6.54 Å². The Kier molecular flexibility index (Phi) is 12.4. The molecule has 25 heavy (non-hydrogen) atoms. The number of sulfonamides is 1. The molecule has 0 aliphatic carbocycles. The van der Waals surface area contributed by atoms with E-state index in [2.05, 4.69) is 15.6 Å². The number of nitrogens with zero attached hydrogens (tertiary/aromatic N) is 3. The Morgan fingerprint density at radius 1 is 1.20 bits per heavy atom. The van der Waals surface area contributed by atoms with Crippen LogP contribution in [-0.2, 0) is 14.8 Å². The molecule has 1 rings (SSSR count). The lowest BCUT2D eigenvalue weighted by molar-refractivity contribution is -0.128. The first kappa shape index (κ1) is 24.4. The van der Waals surface area contributed by atoms with Crippen LogP contribution in [0.5, 0.6) is 0 Å². The summed E-state index contributed by atoms with van der Waals surface area (Å²) in [6.07, 6.45) is 4.04. The number of carbonyl (C=O) groups is 1. The maximum Gasteiger partial charge on any atom is 0.244 e. The molecule has 0 atom stereocenters. The van der Waals surface area contributed by atoms with Gasteiger partial charge in [-0.1, -0.05) is 6.92 Å². The third kappa shape index (κ3) is 9.59. The van der Waals surface area contributed by atoms with Crippen molar-refractivity contribution in [3.63, 3.8) is 0 Å². The van der Waals surface area contributed by atoms with Crippen LogP contribution in [0.4, 0.5) is 0 Å². The van der Waals surface area contributed by atoms with Gasteiger partial charge >= 0.3 is 0 Å². The maximum atomic E-state index is 12.0. The van der Waals surface area contributed by atoms with Gasteiger partial charge in [0.2, 0.25) is 15.9 Å². The first-order chi connectivity index (χ1) is 11.4. The molecule has 0 bridgehead atoms. The Bertz CT molecular complexity index is 521. The molecule has 1 aliphatic heterocycles. The lowest BCUT2D eigenvalue weighted by Crippen LogP contribution is -2.40. The number of rotatable bonds is 9. The molecule has 8 nitrogen and oxygen atoms in total. The third-order valence-corrected chi connectivity index (χ3v) is 5.25. The van der Waals surface area contributed by atoms with E-state index in [1.165, 1.54) is 10.6 Å². The molecule has 1 fully saturated rings. The van der Waals surface area contributed by atoms with Crippen molar-refractivity contribution in [3.8, 4) is 0 Å². The molecule has 0 spiro atoms. The number of carbonyl (C=O) groups excluding carboxylic acids is 1. The van der Waals surface area contributed by atoms with Gasteiger partial charge in [-0.2, -0.15) is 0 Å². The highest BCUT2D eigenvalue weighted by molar-refractivity contribution is 14.0. The fraction of sp³-hybridized carbons (Fsp3) is 0.867. The van der Waals surface area contributed by atoms with Gasteiger partial charge in [-0.3, -0.25) is 4.79 Å². The van der Waals surface area contributed by atoms with Gasteiger partial charge in [0.05, 0.1) is 6.26 Å². The molecule has 0 radical (unpaired) electrons. The second-order valence-corrected chi connectivity index (χ2v) is 7.80. The Hall–Kier alpha value is -0.620. The topological polar surface area (TPSA) is 94.1 Å². The molecule has 1 heterocycles. The fourth-order valence-corrected chi connectivity index (χ4v) is 3.51.